The van der Waals surface area contributed by atoms with Crippen molar-refractivity contribution >= 4 is 0 Å². The molecule has 2 N–H and O–H groups in total. The van der Waals surface area contributed by atoms with Crippen LogP contribution in [0.2, 0.25) is 0 Å². The normalized spacial score (nSPS) is 43.7. The number of hydrogen-bond acceptors (Lipinski definition) is 3. The van der Waals surface area contributed by atoms with Gasteiger partial charge in [0.1, 0.15) is 5.75 Å². The maximum Gasteiger partial charge on any atom is 0.119 e. The van der Waals surface area contributed by atoms with Crippen LogP contribution >= 0.6 is 0 Å². The number of hydrogen-bond donors (Lipinski definition) is 2. The van der Waals surface area contributed by atoms with Crippen molar-refractivity contribution in [1.82, 2.24) is 0 Å². The first kappa shape index (κ1) is 16.4. The fourth-order valence-corrected chi connectivity index (χ4v) is 6.20. The van der Waals surface area contributed by atoms with Crippen LogP contribution in [0.4, 0.5) is 0 Å². The van der Waals surface area contributed by atoms with Gasteiger partial charge in [-0.15, -0.1) is 0 Å². The van der Waals surface area contributed by atoms with Gasteiger partial charge in [-0.2, -0.15) is 0 Å². The molecular weight excluding hydrogens is 300 g/mol. The van der Waals surface area contributed by atoms with E-state index in [9.17, 15) is 10.2 Å². The first-order chi connectivity index (χ1) is 11.4. The quantitative estimate of drug-likeness (QED) is 0.870. The Balaban J connectivity index is 1.69. The zero-order chi connectivity index (χ0) is 17.1. The summed E-state index contributed by atoms with van der Waals surface area (Å²) < 4.78 is 5.39. The maximum absolute atomic E-state index is 11.0. The molecule has 4 rings (SSSR count). The number of fused-ring (bicyclic) bond motifs is 5. The summed E-state index contributed by atoms with van der Waals surface area (Å²) in [6, 6.07) is 6.54. The van der Waals surface area contributed by atoms with E-state index in [-0.39, 0.29) is 5.41 Å². The van der Waals surface area contributed by atoms with Crippen molar-refractivity contribution in [3.63, 3.8) is 0 Å². The van der Waals surface area contributed by atoms with E-state index < -0.39 is 11.7 Å². The van der Waals surface area contributed by atoms with Crippen LogP contribution < -0.4 is 4.74 Å². The number of rotatable bonds is 2. The molecule has 6 atom stereocenters. The van der Waals surface area contributed by atoms with Crippen LogP contribution in [0.15, 0.2) is 18.2 Å². The van der Waals surface area contributed by atoms with Gasteiger partial charge in [0.2, 0.25) is 0 Å². The third-order valence-electron chi connectivity index (χ3n) is 7.69. The summed E-state index contributed by atoms with van der Waals surface area (Å²) in [5.74, 6) is 2.53. The zero-order valence-corrected chi connectivity index (χ0v) is 15.1. The SMILES string of the molecule is CC[C@]1(O)C[C@H]2[C@@H]3CCc4cc(OC)ccc4[C@H]3CC[C@]2(C)[C@H]1O. The molecule has 3 heteroatoms. The Morgan fingerprint density at radius 1 is 1.29 bits per heavy atom. The summed E-state index contributed by atoms with van der Waals surface area (Å²) in [4.78, 5) is 0. The minimum Gasteiger partial charge on any atom is -0.497 e. The van der Waals surface area contributed by atoms with Gasteiger partial charge >= 0.3 is 0 Å². The maximum atomic E-state index is 11.0. The predicted molar refractivity (Wildman–Crippen MR) is 94.2 cm³/mol. The predicted octanol–water partition coefficient (Wildman–Crippen LogP) is 3.66. The van der Waals surface area contributed by atoms with Crippen LogP contribution in [0.1, 0.15) is 63.0 Å². The lowest BCUT2D eigenvalue weighted by molar-refractivity contribution is -0.101. The molecule has 0 amide bonds. The van der Waals surface area contributed by atoms with Crippen LogP contribution in [-0.4, -0.2) is 29.0 Å². The average molecular weight is 330 g/mol. The molecular formula is C21H30O3. The van der Waals surface area contributed by atoms with Gasteiger partial charge in [0, 0.05) is 0 Å². The highest BCUT2D eigenvalue weighted by Gasteiger charge is 2.62. The van der Waals surface area contributed by atoms with Crippen molar-refractivity contribution in [2.24, 2.45) is 17.3 Å². The van der Waals surface area contributed by atoms with Gasteiger partial charge in [-0.25, -0.2) is 0 Å². The molecule has 0 radical (unpaired) electrons. The Bertz CT molecular complexity index is 642. The fraction of sp³-hybridized carbons (Fsp3) is 0.714. The number of aliphatic hydroxyl groups is 2. The topological polar surface area (TPSA) is 49.7 Å². The van der Waals surface area contributed by atoms with Gasteiger partial charge in [-0.1, -0.05) is 19.9 Å². The van der Waals surface area contributed by atoms with Gasteiger partial charge in [0.25, 0.3) is 0 Å². The Morgan fingerprint density at radius 2 is 2.08 bits per heavy atom. The van der Waals surface area contributed by atoms with Gasteiger partial charge in [-0.3, -0.25) is 0 Å². The minimum atomic E-state index is -0.894. The highest BCUT2D eigenvalue weighted by Crippen LogP contribution is 2.63. The number of benzene rings is 1. The van der Waals surface area contributed by atoms with Crippen LogP contribution in [0.25, 0.3) is 0 Å². The lowest BCUT2D eigenvalue weighted by Crippen LogP contribution is -2.47. The second-order valence-electron chi connectivity index (χ2n) is 8.59. The summed E-state index contributed by atoms with van der Waals surface area (Å²) in [6.07, 6.45) is 5.19. The van der Waals surface area contributed by atoms with Crippen molar-refractivity contribution < 1.29 is 14.9 Å². The molecule has 2 fully saturated rings. The van der Waals surface area contributed by atoms with E-state index in [1.807, 2.05) is 6.92 Å². The highest BCUT2D eigenvalue weighted by atomic mass is 16.5. The van der Waals surface area contributed by atoms with E-state index in [0.29, 0.717) is 24.2 Å². The molecule has 132 valence electrons. The second-order valence-corrected chi connectivity index (χ2v) is 8.59. The summed E-state index contributed by atoms with van der Waals surface area (Å²) in [5, 5.41) is 21.8. The van der Waals surface area contributed by atoms with E-state index in [1.54, 1.807) is 7.11 Å². The van der Waals surface area contributed by atoms with E-state index in [0.717, 1.165) is 37.9 Å². The first-order valence-corrected chi connectivity index (χ1v) is 9.50. The van der Waals surface area contributed by atoms with Gasteiger partial charge in [0.15, 0.2) is 0 Å². The molecule has 0 aliphatic heterocycles. The van der Waals surface area contributed by atoms with Crippen molar-refractivity contribution in [2.45, 2.75) is 70.0 Å². The third kappa shape index (κ3) is 2.10. The smallest absolute Gasteiger partial charge is 0.119 e. The molecule has 0 bridgehead atoms. The summed E-state index contributed by atoms with van der Waals surface area (Å²) in [5.41, 5.74) is 1.89. The Labute approximate surface area is 145 Å². The molecule has 0 spiro atoms. The lowest BCUT2D eigenvalue weighted by atomic mass is 9.55. The van der Waals surface area contributed by atoms with Crippen molar-refractivity contribution in [1.29, 1.82) is 0 Å². The molecule has 0 unspecified atom stereocenters. The zero-order valence-electron chi connectivity index (χ0n) is 15.1. The van der Waals surface area contributed by atoms with Crippen LogP contribution in [0.5, 0.6) is 5.75 Å². The Hall–Kier alpha value is -1.06. The summed E-state index contributed by atoms with van der Waals surface area (Å²) in [7, 11) is 1.73. The molecule has 0 heterocycles. The average Bonchev–Trinajstić information content (AvgIpc) is 2.82. The van der Waals surface area contributed by atoms with E-state index in [2.05, 4.69) is 25.1 Å². The Morgan fingerprint density at radius 3 is 2.79 bits per heavy atom. The monoisotopic (exact) mass is 330 g/mol. The van der Waals surface area contributed by atoms with Crippen LogP contribution in [-0.2, 0) is 6.42 Å². The molecule has 3 nitrogen and oxygen atoms in total. The second kappa shape index (κ2) is 5.47. The van der Waals surface area contributed by atoms with Crippen LogP contribution in [0, 0.1) is 17.3 Å². The molecule has 1 aromatic carbocycles. The summed E-state index contributed by atoms with van der Waals surface area (Å²) in [6.45, 7) is 4.22. The number of aryl methyl sites for hydroxylation is 1. The molecule has 1 aromatic rings. The van der Waals surface area contributed by atoms with Crippen molar-refractivity contribution in [3.8, 4) is 5.75 Å². The molecule has 0 saturated heterocycles. The third-order valence-corrected chi connectivity index (χ3v) is 7.69. The molecule has 3 aliphatic carbocycles. The van der Waals surface area contributed by atoms with Crippen molar-refractivity contribution in [3.05, 3.63) is 29.3 Å². The number of methoxy groups -OCH3 is 1. The highest BCUT2D eigenvalue weighted by molar-refractivity contribution is 5.41. The fourth-order valence-electron chi connectivity index (χ4n) is 6.20. The van der Waals surface area contributed by atoms with Gasteiger partial charge < -0.3 is 14.9 Å². The van der Waals surface area contributed by atoms with Crippen molar-refractivity contribution in [2.75, 3.05) is 7.11 Å². The van der Waals surface area contributed by atoms with E-state index >= 15 is 0 Å². The molecule has 24 heavy (non-hydrogen) atoms. The van der Waals surface area contributed by atoms with Gasteiger partial charge in [-0.05, 0) is 85.0 Å². The minimum absolute atomic E-state index is 0.129. The standard InChI is InChI=1S/C21H30O3/c1-4-21(23)12-18-17-7-5-13-11-14(24-3)6-8-15(13)16(17)9-10-20(18,2)19(21)22/h6,8,11,16-19,22-23H,4-5,7,9-10,12H2,1-3H3/t16-,17-,18+,19-,20+,21+/m1/s1. The van der Waals surface area contributed by atoms with Gasteiger partial charge in [0.05, 0.1) is 18.8 Å². The lowest BCUT2D eigenvalue weighted by Gasteiger charge is -2.50. The number of ether oxygens (including phenoxy) is 1. The van der Waals surface area contributed by atoms with E-state index in [1.165, 1.54) is 11.1 Å². The largest absolute Gasteiger partial charge is 0.497 e. The molecule has 0 aromatic heterocycles. The number of aliphatic hydroxyl groups excluding tert-OH is 1. The Kier molecular flexibility index (Phi) is 3.74. The molecule has 2 saturated carbocycles. The summed E-state index contributed by atoms with van der Waals surface area (Å²) >= 11 is 0. The van der Waals surface area contributed by atoms with E-state index in [4.69, 9.17) is 4.74 Å². The van der Waals surface area contributed by atoms with Crippen LogP contribution in [0.3, 0.4) is 0 Å². The first-order valence-electron chi connectivity index (χ1n) is 9.50. The molecule has 3 aliphatic rings.